The molecule has 0 unspecified atom stereocenters. The van der Waals surface area contributed by atoms with Gasteiger partial charge in [-0.25, -0.2) is 0 Å². The summed E-state index contributed by atoms with van der Waals surface area (Å²) in [4.78, 5) is 17.0. The number of benzene rings is 3. The van der Waals surface area contributed by atoms with E-state index in [0.717, 1.165) is 38.4 Å². The topological polar surface area (TPSA) is 55.6 Å². The van der Waals surface area contributed by atoms with E-state index in [9.17, 15) is 4.79 Å². The van der Waals surface area contributed by atoms with Gasteiger partial charge in [0.15, 0.2) is 5.78 Å². The summed E-state index contributed by atoms with van der Waals surface area (Å²) in [6, 6.07) is 23.3. The number of nitrogens with two attached hydrogens (primary N) is 1. The van der Waals surface area contributed by atoms with Crippen LogP contribution in [0.3, 0.4) is 0 Å². The van der Waals surface area contributed by atoms with Crippen molar-refractivity contribution in [3.05, 3.63) is 83.9 Å². The first-order valence-corrected chi connectivity index (χ1v) is 11.9. The number of carbonyl (C=O) groups excluding carboxylic acids is 1. The van der Waals surface area contributed by atoms with Crippen molar-refractivity contribution in [3.63, 3.8) is 0 Å². The normalized spacial score (nSPS) is 14.1. The Morgan fingerprint density at radius 1 is 0.938 bits per heavy atom. The molecule has 32 heavy (non-hydrogen) atoms. The van der Waals surface area contributed by atoms with Crippen LogP contribution in [-0.4, -0.2) is 36.9 Å². The standard InChI is InChI=1S/C27H26N2O2S/c28-21-11-7-20(8-12-21)27-25(23-5-1-2-6-24(23)32-27)26(30)19-9-13-22(14-10-19)31-18-17-29-15-3-4-16-29/h1-2,5-14H,3-4,15-18,28H2. The molecular weight excluding hydrogens is 416 g/mol. The first kappa shape index (κ1) is 20.7. The molecule has 1 aliphatic rings. The fraction of sp³-hybridized carbons (Fsp3) is 0.222. The second kappa shape index (κ2) is 9.15. The molecule has 1 aromatic heterocycles. The molecule has 4 aromatic rings. The predicted octanol–water partition coefficient (Wildman–Crippen LogP) is 5.86. The van der Waals surface area contributed by atoms with Gasteiger partial charge in [0.05, 0.1) is 0 Å². The van der Waals surface area contributed by atoms with E-state index in [4.69, 9.17) is 10.5 Å². The van der Waals surface area contributed by atoms with Crippen LogP contribution in [-0.2, 0) is 0 Å². The molecule has 0 aliphatic carbocycles. The Morgan fingerprint density at radius 3 is 2.41 bits per heavy atom. The zero-order valence-corrected chi connectivity index (χ0v) is 18.7. The number of likely N-dealkylation sites (tertiary alicyclic amines) is 1. The number of rotatable bonds is 7. The molecule has 1 fully saturated rings. The molecule has 5 rings (SSSR count). The number of carbonyl (C=O) groups is 1. The lowest BCUT2D eigenvalue weighted by atomic mass is 9.97. The Hall–Kier alpha value is -3.15. The molecule has 1 saturated heterocycles. The van der Waals surface area contributed by atoms with Gasteiger partial charge in [0.2, 0.25) is 0 Å². The van der Waals surface area contributed by atoms with Crippen molar-refractivity contribution >= 4 is 32.9 Å². The lowest BCUT2D eigenvalue weighted by molar-refractivity contribution is 0.104. The molecule has 0 radical (unpaired) electrons. The lowest BCUT2D eigenvalue weighted by Crippen LogP contribution is -2.25. The summed E-state index contributed by atoms with van der Waals surface area (Å²) in [5, 5.41) is 0.986. The van der Waals surface area contributed by atoms with Crippen molar-refractivity contribution in [1.82, 2.24) is 4.90 Å². The summed E-state index contributed by atoms with van der Waals surface area (Å²) in [7, 11) is 0. The number of nitrogen functional groups attached to an aromatic ring is 1. The molecule has 2 heterocycles. The Labute approximate surface area is 192 Å². The fourth-order valence-electron chi connectivity index (χ4n) is 4.25. The molecule has 0 saturated carbocycles. The maximum Gasteiger partial charge on any atom is 0.195 e. The molecular formula is C27H26N2O2S. The Morgan fingerprint density at radius 2 is 1.66 bits per heavy atom. The SMILES string of the molecule is Nc1ccc(-c2sc3ccccc3c2C(=O)c2ccc(OCCN3CCCC3)cc2)cc1. The summed E-state index contributed by atoms with van der Waals surface area (Å²) in [5.41, 5.74) is 9.00. The van der Waals surface area contributed by atoms with Crippen LogP contribution < -0.4 is 10.5 Å². The molecule has 1 aliphatic heterocycles. The van der Waals surface area contributed by atoms with Crippen LogP contribution in [0.15, 0.2) is 72.8 Å². The maximum absolute atomic E-state index is 13.6. The number of nitrogens with zero attached hydrogens (tertiary/aromatic N) is 1. The third kappa shape index (κ3) is 4.27. The van der Waals surface area contributed by atoms with Gasteiger partial charge in [0, 0.05) is 38.3 Å². The monoisotopic (exact) mass is 442 g/mol. The van der Waals surface area contributed by atoms with Gasteiger partial charge < -0.3 is 10.5 Å². The Balaban J connectivity index is 1.40. The van der Waals surface area contributed by atoms with Crippen molar-refractivity contribution < 1.29 is 9.53 Å². The van der Waals surface area contributed by atoms with Gasteiger partial charge in [-0.15, -0.1) is 11.3 Å². The third-order valence-electron chi connectivity index (χ3n) is 5.99. The van der Waals surface area contributed by atoms with E-state index in [1.54, 1.807) is 11.3 Å². The smallest absolute Gasteiger partial charge is 0.195 e. The number of anilines is 1. The van der Waals surface area contributed by atoms with Crippen molar-refractivity contribution in [1.29, 1.82) is 0 Å². The number of ketones is 1. The van der Waals surface area contributed by atoms with Crippen LogP contribution >= 0.6 is 11.3 Å². The van der Waals surface area contributed by atoms with Gasteiger partial charge in [-0.2, -0.15) is 0 Å². The van der Waals surface area contributed by atoms with Gasteiger partial charge in [0.1, 0.15) is 12.4 Å². The Bertz CT molecular complexity index is 1220. The highest BCUT2D eigenvalue weighted by molar-refractivity contribution is 7.22. The minimum atomic E-state index is 0.0258. The first-order valence-electron chi connectivity index (χ1n) is 11.1. The molecule has 3 aromatic carbocycles. The van der Waals surface area contributed by atoms with Gasteiger partial charge in [0.25, 0.3) is 0 Å². The van der Waals surface area contributed by atoms with Crippen LogP contribution in [0.1, 0.15) is 28.8 Å². The van der Waals surface area contributed by atoms with Crippen LogP contribution in [0.25, 0.3) is 20.5 Å². The van der Waals surface area contributed by atoms with E-state index in [1.807, 2.05) is 66.7 Å². The number of hydrogen-bond acceptors (Lipinski definition) is 5. The summed E-state index contributed by atoms with van der Waals surface area (Å²) in [6.07, 6.45) is 2.57. The van der Waals surface area contributed by atoms with E-state index >= 15 is 0 Å². The summed E-state index contributed by atoms with van der Waals surface area (Å²) < 4.78 is 7.01. The molecule has 0 spiro atoms. The van der Waals surface area contributed by atoms with Gasteiger partial charge >= 0.3 is 0 Å². The molecule has 5 heteroatoms. The van der Waals surface area contributed by atoms with Crippen molar-refractivity contribution in [2.24, 2.45) is 0 Å². The van der Waals surface area contributed by atoms with E-state index in [-0.39, 0.29) is 5.78 Å². The van der Waals surface area contributed by atoms with Gasteiger partial charge in [-0.05, 0) is 74.0 Å². The zero-order chi connectivity index (χ0) is 21.9. The van der Waals surface area contributed by atoms with E-state index in [2.05, 4.69) is 11.0 Å². The zero-order valence-electron chi connectivity index (χ0n) is 17.9. The van der Waals surface area contributed by atoms with Crippen molar-refractivity contribution in [3.8, 4) is 16.2 Å². The van der Waals surface area contributed by atoms with Crippen molar-refractivity contribution in [2.75, 3.05) is 32.0 Å². The van der Waals surface area contributed by atoms with Crippen molar-refractivity contribution in [2.45, 2.75) is 12.8 Å². The number of hydrogen-bond donors (Lipinski definition) is 1. The highest BCUT2D eigenvalue weighted by Gasteiger charge is 2.21. The Kier molecular flexibility index (Phi) is 5.93. The molecule has 0 atom stereocenters. The summed E-state index contributed by atoms with van der Waals surface area (Å²) in [6.45, 7) is 3.96. The second-order valence-electron chi connectivity index (χ2n) is 8.18. The molecule has 0 bridgehead atoms. The van der Waals surface area contributed by atoms with Gasteiger partial charge in [-0.3, -0.25) is 9.69 Å². The van der Waals surface area contributed by atoms with E-state index in [0.29, 0.717) is 17.9 Å². The van der Waals surface area contributed by atoms with Crippen LogP contribution in [0, 0.1) is 0 Å². The molecule has 162 valence electrons. The fourth-order valence-corrected chi connectivity index (χ4v) is 5.46. The summed E-state index contributed by atoms with van der Waals surface area (Å²) >= 11 is 1.64. The van der Waals surface area contributed by atoms with E-state index in [1.165, 1.54) is 25.9 Å². The minimum Gasteiger partial charge on any atom is -0.492 e. The quantitative estimate of drug-likeness (QED) is 0.288. The first-order chi connectivity index (χ1) is 15.7. The van der Waals surface area contributed by atoms with E-state index < -0.39 is 0 Å². The van der Waals surface area contributed by atoms with Crippen LogP contribution in [0.2, 0.25) is 0 Å². The molecule has 0 amide bonds. The average molecular weight is 443 g/mol. The number of thiophene rings is 1. The number of ether oxygens (including phenoxy) is 1. The largest absolute Gasteiger partial charge is 0.492 e. The number of fused-ring (bicyclic) bond motifs is 1. The van der Waals surface area contributed by atoms with Gasteiger partial charge in [-0.1, -0.05) is 30.3 Å². The lowest BCUT2D eigenvalue weighted by Gasteiger charge is -2.15. The third-order valence-corrected chi connectivity index (χ3v) is 7.21. The van der Waals surface area contributed by atoms with Crippen LogP contribution in [0.5, 0.6) is 5.75 Å². The summed E-state index contributed by atoms with van der Waals surface area (Å²) in [5.74, 6) is 0.826. The maximum atomic E-state index is 13.6. The highest BCUT2D eigenvalue weighted by Crippen LogP contribution is 2.40. The van der Waals surface area contributed by atoms with Crippen LogP contribution in [0.4, 0.5) is 5.69 Å². The molecule has 2 N–H and O–H groups in total. The minimum absolute atomic E-state index is 0.0258. The predicted molar refractivity (Wildman–Crippen MR) is 133 cm³/mol. The molecule has 4 nitrogen and oxygen atoms in total. The second-order valence-corrected chi connectivity index (χ2v) is 9.23. The average Bonchev–Trinajstić information content (AvgIpc) is 3.47. The highest BCUT2D eigenvalue weighted by atomic mass is 32.1.